The highest BCUT2D eigenvalue weighted by atomic mass is 32.2. The van der Waals surface area contributed by atoms with Gasteiger partial charge in [-0.25, -0.2) is 8.42 Å². The molecule has 0 unspecified atom stereocenters. The maximum Gasteiger partial charge on any atom is 0.191 e. The van der Waals surface area contributed by atoms with Gasteiger partial charge in [-0.1, -0.05) is 24.3 Å². The largest absolute Gasteiger partial charge is 0.497 e. The molecule has 0 spiro atoms. The molecule has 1 atom stereocenters. The van der Waals surface area contributed by atoms with E-state index < -0.39 is 15.1 Å². The van der Waals surface area contributed by atoms with Gasteiger partial charge in [-0.15, -0.1) is 0 Å². The second-order valence-electron chi connectivity index (χ2n) is 4.74. The van der Waals surface area contributed by atoms with E-state index in [4.69, 9.17) is 9.47 Å². The van der Waals surface area contributed by atoms with E-state index in [1.165, 1.54) is 7.11 Å². The van der Waals surface area contributed by atoms with Gasteiger partial charge < -0.3 is 15.2 Å². The van der Waals surface area contributed by atoms with Crippen LogP contribution < -0.4 is 15.2 Å². The van der Waals surface area contributed by atoms with Gasteiger partial charge in [0.1, 0.15) is 16.7 Å². The molecule has 0 aliphatic carbocycles. The van der Waals surface area contributed by atoms with Gasteiger partial charge in [0.2, 0.25) is 0 Å². The Labute approximate surface area is 130 Å². The first-order valence-corrected chi connectivity index (χ1v) is 8.39. The highest BCUT2D eigenvalue weighted by molar-refractivity contribution is 7.91. The number of sulfone groups is 1. The summed E-state index contributed by atoms with van der Waals surface area (Å²) in [4.78, 5) is 0.279. The van der Waals surface area contributed by atoms with Crippen LogP contribution >= 0.6 is 0 Å². The van der Waals surface area contributed by atoms with Gasteiger partial charge in [-0.3, -0.25) is 0 Å². The van der Waals surface area contributed by atoms with E-state index in [1.54, 1.807) is 55.6 Å². The smallest absolute Gasteiger partial charge is 0.191 e. The quantitative estimate of drug-likeness (QED) is 0.873. The van der Waals surface area contributed by atoms with Crippen molar-refractivity contribution in [3.05, 3.63) is 54.1 Å². The molecule has 118 valence electrons. The van der Waals surface area contributed by atoms with Crippen LogP contribution in [0.15, 0.2) is 53.4 Å². The number of ether oxygens (including phenoxy) is 2. The van der Waals surface area contributed by atoms with Gasteiger partial charge in [-0.05, 0) is 18.2 Å². The van der Waals surface area contributed by atoms with Crippen LogP contribution in [-0.4, -0.2) is 29.2 Å². The van der Waals surface area contributed by atoms with Crippen molar-refractivity contribution < 1.29 is 23.6 Å². The molecule has 0 bridgehead atoms. The van der Waals surface area contributed by atoms with Gasteiger partial charge in [0.15, 0.2) is 9.84 Å². The summed E-state index contributed by atoms with van der Waals surface area (Å²) >= 11 is 0. The molecule has 3 N–H and O–H groups in total. The average Bonchev–Trinajstić information content (AvgIpc) is 2.56. The average molecular weight is 322 g/mol. The minimum atomic E-state index is -3.54. The van der Waals surface area contributed by atoms with E-state index >= 15 is 0 Å². The van der Waals surface area contributed by atoms with E-state index in [2.05, 4.69) is 5.73 Å². The fraction of sp³-hybridized carbons (Fsp3) is 0.250. The fourth-order valence-corrected chi connectivity index (χ4v) is 4.04. The van der Waals surface area contributed by atoms with E-state index in [-0.39, 0.29) is 11.4 Å². The topological polar surface area (TPSA) is 80.2 Å². The van der Waals surface area contributed by atoms with Crippen molar-refractivity contribution in [2.75, 3.05) is 20.8 Å². The number of benzene rings is 2. The normalized spacial score (nSPS) is 12.7. The van der Waals surface area contributed by atoms with Crippen molar-refractivity contribution in [3.8, 4) is 11.5 Å². The third-order valence-electron chi connectivity index (χ3n) is 3.50. The van der Waals surface area contributed by atoms with Crippen LogP contribution in [-0.2, 0) is 9.84 Å². The predicted octanol–water partition coefficient (Wildman–Crippen LogP) is 1.46. The lowest BCUT2D eigenvalue weighted by Gasteiger charge is -2.18. The maximum atomic E-state index is 12.9. The Kier molecular flexibility index (Phi) is 5.05. The molecule has 6 heteroatoms. The summed E-state index contributed by atoms with van der Waals surface area (Å²) in [5.74, 6) is 1.09. The second-order valence-corrected chi connectivity index (χ2v) is 6.87. The SMILES string of the molecule is COc1ccc([C@@H](C[NH3+])S(=O)(=O)c2ccccc2)c(OC)c1. The Morgan fingerprint density at radius 3 is 2.27 bits per heavy atom. The molecule has 2 rings (SSSR count). The first-order chi connectivity index (χ1) is 10.5. The minimum absolute atomic E-state index is 0.208. The first kappa shape index (κ1) is 16.3. The maximum absolute atomic E-state index is 12.9. The Morgan fingerprint density at radius 2 is 1.73 bits per heavy atom. The lowest BCUT2D eigenvalue weighted by molar-refractivity contribution is -0.367. The van der Waals surface area contributed by atoms with Gasteiger partial charge >= 0.3 is 0 Å². The van der Waals surface area contributed by atoms with Gasteiger partial charge in [-0.2, -0.15) is 0 Å². The summed E-state index contributed by atoms with van der Waals surface area (Å²) in [6, 6.07) is 13.5. The summed E-state index contributed by atoms with van der Waals surface area (Å²) in [6.45, 7) is 0.208. The molecule has 0 fully saturated rings. The van der Waals surface area contributed by atoms with Crippen LogP contribution in [0.3, 0.4) is 0 Å². The molecular formula is C16H20NO4S+. The Morgan fingerprint density at radius 1 is 1.05 bits per heavy atom. The van der Waals surface area contributed by atoms with Crippen LogP contribution in [0.5, 0.6) is 11.5 Å². The number of rotatable bonds is 6. The van der Waals surface area contributed by atoms with E-state index in [9.17, 15) is 8.42 Å². The Bertz CT molecular complexity index is 729. The fourth-order valence-electron chi connectivity index (χ4n) is 2.34. The van der Waals surface area contributed by atoms with Gasteiger partial charge in [0.25, 0.3) is 0 Å². The van der Waals surface area contributed by atoms with E-state index in [0.29, 0.717) is 17.1 Å². The van der Waals surface area contributed by atoms with Gasteiger partial charge in [0, 0.05) is 11.6 Å². The van der Waals surface area contributed by atoms with E-state index in [0.717, 1.165) is 0 Å². The van der Waals surface area contributed by atoms with Crippen molar-refractivity contribution in [1.29, 1.82) is 0 Å². The molecular weight excluding hydrogens is 302 g/mol. The zero-order valence-electron chi connectivity index (χ0n) is 12.7. The second kappa shape index (κ2) is 6.81. The molecule has 0 aliphatic rings. The van der Waals surface area contributed by atoms with Crippen molar-refractivity contribution in [3.63, 3.8) is 0 Å². The number of quaternary nitrogens is 1. The summed E-state index contributed by atoms with van der Waals surface area (Å²) in [5.41, 5.74) is 4.39. The summed E-state index contributed by atoms with van der Waals surface area (Å²) < 4.78 is 36.2. The number of hydrogen-bond donors (Lipinski definition) is 1. The Balaban J connectivity index is 2.53. The van der Waals surface area contributed by atoms with Crippen molar-refractivity contribution in [1.82, 2.24) is 0 Å². The molecule has 2 aromatic rings. The zero-order valence-corrected chi connectivity index (χ0v) is 13.5. The summed E-state index contributed by atoms with van der Waals surface area (Å²) in [7, 11) is -0.483. The third kappa shape index (κ3) is 3.08. The number of methoxy groups -OCH3 is 2. The molecule has 2 aromatic carbocycles. The summed E-state index contributed by atoms with van der Waals surface area (Å²) in [6.07, 6.45) is 0. The molecule has 0 aliphatic heterocycles. The van der Waals surface area contributed by atoms with Crippen molar-refractivity contribution >= 4 is 9.84 Å². The van der Waals surface area contributed by atoms with Gasteiger partial charge in [0.05, 0.1) is 25.7 Å². The molecule has 0 amide bonds. The highest BCUT2D eigenvalue weighted by Gasteiger charge is 2.32. The van der Waals surface area contributed by atoms with E-state index in [1.807, 2.05) is 0 Å². The van der Waals surface area contributed by atoms with Crippen LogP contribution in [0.4, 0.5) is 0 Å². The molecule has 0 radical (unpaired) electrons. The lowest BCUT2D eigenvalue weighted by atomic mass is 10.1. The molecule has 5 nitrogen and oxygen atoms in total. The molecule has 0 saturated carbocycles. The third-order valence-corrected chi connectivity index (χ3v) is 5.66. The lowest BCUT2D eigenvalue weighted by Crippen LogP contribution is -2.54. The summed E-state index contributed by atoms with van der Waals surface area (Å²) in [5, 5.41) is -0.768. The van der Waals surface area contributed by atoms with Crippen LogP contribution in [0, 0.1) is 0 Å². The molecule has 22 heavy (non-hydrogen) atoms. The van der Waals surface area contributed by atoms with Crippen LogP contribution in [0.1, 0.15) is 10.8 Å². The predicted molar refractivity (Wildman–Crippen MR) is 83.7 cm³/mol. The first-order valence-electron chi connectivity index (χ1n) is 6.84. The minimum Gasteiger partial charge on any atom is -0.497 e. The monoisotopic (exact) mass is 322 g/mol. The van der Waals surface area contributed by atoms with Crippen LogP contribution in [0.25, 0.3) is 0 Å². The number of hydrogen-bond acceptors (Lipinski definition) is 4. The Hall–Kier alpha value is -2.05. The molecule has 0 aromatic heterocycles. The highest BCUT2D eigenvalue weighted by Crippen LogP contribution is 2.35. The van der Waals surface area contributed by atoms with Crippen molar-refractivity contribution in [2.45, 2.75) is 10.1 Å². The standard InChI is InChI=1S/C16H19NO4S/c1-20-12-8-9-14(15(10-12)21-2)16(11-17)22(18,19)13-6-4-3-5-7-13/h3-10,16H,11,17H2,1-2H3/p+1/t16-/m1/s1. The van der Waals surface area contributed by atoms with Crippen LogP contribution in [0.2, 0.25) is 0 Å². The molecule has 0 saturated heterocycles. The zero-order chi connectivity index (χ0) is 16.2. The van der Waals surface area contributed by atoms with Crippen molar-refractivity contribution in [2.24, 2.45) is 0 Å². The molecule has 0 heterocycles.